The molecule has 0 aliphatic heterocycles. The van der Waals surface area contributed by atoms with Gasteiger partial charge in [-0.15, -0.1) is 0 Å². The van der Waals surface area contributed by atoms with Crippen LogP contribution in [0.25, 0.3) is 0 Å². The maximum atomic E-state index is 8.40. The third-order valence-corrected chi connectivity index (χ3v) is 1.54. The Balaban J connectivity index is 4.02. The molecule has 0 aromatic heterocycles. The third-order valence-electron chi connectivity index (χ3n) is 1.54. The summed E-state index contributed by atoms with van der Waals surface area (Å²) < 4.78 is 0. The topological polar surface area (TPSA) is 73.9 Å². The average molecular weight is 188 g/mol. The van der Waals surface area contributed by atoms with Crippen molar-refractivity contribution in [1.82, 2.24) is 10.4 Å². The number of hydrogen-bond acceptors (Lipinski definition) is 3. The van der Waals surface area contributed by atoms with E-state index in [1.54, 1.807) is 5.48 Å². The summed E-state index contributed by atoms with van der Waals surface area (Å²) in [5.41, 5.74) is 7.15. The van der Waals surface area contributed by atoms with Crippen molar-refractivity contribution >= 4 is 5.96 Å². The molecule has 0 saturated carbocycles. The molecule has 0 atom stereocenters. The minimum Gasteiger partial charge on any atom is -0.368 e. The second-order valence-electron chi connectivity index (χ2n) is 4.22. The molecule has 0 amide bonds. The maximum Gasteiger partial charge on any atom is 0.212 e. The van der Waals surface area contributed by atoms with E-state index < -0.39 is 0 Å². The summed E-state index contributed by atoms with van der Waals surface area (Å²) in [6.45, 7) is 5.71. The van der Waals surface area contributed by atoms with E-state index in [0.717, 1.165) is 6.54 Å². The first kappa shape index (κ1) is 12.2. The van der Waals surface area contributed by atoms with Crippen LogP contribution in [0.2, 0.25) is 0 Å². The third kappa shape index (κ3) is 6.36. The molecule has 0 spiro atoms. The van der Waals surface area contributed by atoms with Gasteiger partial charge in [-0.05, 0) is 19.5 Å². The van der Waals surface area contributed by atoms with E-state index in [1.165, 1.54) is 0 Å². The maximum absolute atomic E-state index is 8.40. The molecule has 0 unspecified atom stereocenters. The zero-order valence-corrected chi connectivity index (χ0v) is 8.83. The van der Waals surface area contributed by atoms with E-state index in [0.29, 0.717) is 6.54 Å². The number of nitrogens with one attached hydrogen (secondary N) is 1. The monoisotopic (exact) mass is 188 g/mol. The first-order valence-corrected chi connectivity index (χ1v) is 4.22. The zero-order chi connectivity index (χ0) is 10.5. The van der Waals surface area contributed by atoms with E-state index in [-0.39, 0.29) is 11.4 Å². The lowest BCUT2D eigenvalue weighted by molar-refractivity contribution is 0.228. The zero-order valence-electron chi connectivity index (χ0n) is 8.83. The molecule has 0 aromatic rings. The number of hydrogen-bond donors (Lipinski definition) is 3. The van der Waals surface area contributed by atoms with E-state index in [9.17, 15) is 0 Å². The van der Waals surface area contributed by atoms with E-state index in [2.05, 4.69) is 23.7 Å². The largest absolute Gasteiger partial charge is 0.368 e. The molecule has 0 fully saturated rings. The highest BCUT2D eigenvalue weighted by Crippen LogP contribution is 2.15. The Morgan fingerprint density at radius 3 is 2.46 bits per heavy atom. The Hall–Kier alpha value is -0.810. The van der Waals surface area contributed by atoms with Gasteiger partial charge in [-0.25, -0.2) is 5.48 Å². The first-order valence-electron chi connectivity index (χ1n) is 4.22. The first-order chi connectivity index (χ1) is 5.87. The smallest absolute Gasteiger partial charge is 0.212 e. The van der Waals surface area contributed by atoms with Crippen molar-refractivity contribution in [2.24, 2.45) is 16.1 Å². The Kier molecular flexibility index (Phi) is 4.72. The highest BCUT2D eigenvalue weighted by atomic mass is 16.5. The summed E-state index contributed by atoms with van der Waals surface area (Å²) >= 11 is 0. The second-order valence-corrected chi connectivity index (χ2v) is 4.22. The molecule has 13 heavy (non-hydrogen) atoms. The van der Waals surface area contributed by atoms with Crippen molar-refractivity contribution in [2.75, 3.05) is 27.2 Å². The van der Waals surface area contributed by atoms with Crippen molar-refractivity contribution in [3.05, 3.63) is 0 Å². The fourth-order valence-corrected chi connectivity index (χ4v) is 1.24. The Morgan fingerprint density at radius 1 is 1.54 bits per heavy atom. The molecule has 5 nitrogen and oxygen atoms in total. The number of nitrogens with zero attached hydrogens (tertiary/aromatic N) is 2. The van der Waals surface area contributed by atoms with Crippen LogP contribution in [0.15, 0.2) is 4.99 Å². The average Bonchev–Trinajstić information content (AvgIpc) is 1.98. The second kappa shape index (κ2) is 5.04. The van der Waals surface area contributed by atoms with Gasteiger partial charge < -0.3 is 10.6 Å². The molecule has 78 valence electrons. The van der Waals surface area contributed by atoms with Gasteiger partial charge in [-0.3, -0.25) is 10.2 Å². The van der Waals surface area contributed by atoms with Crippen LogP contribution in [0.5, 0.6) is 0 Å². The molecule has 0 bridgehead atoms. The molecule has 0 aliphatic rings. The van der Waals surface area contributed by atoms with Crippen molar-refractivity contribution in [3.63, 3.8) is 0 Å². The minimum atomic E-state index is 0.0605. The summed E-state index contributed by atoms with van der Waals surface area (Å²) in [7, 11) is 4.03. The van der Waals surface area contributed by atoms with Crippen LogP contribution in [-0.2, 0) is 0 Å². The summed E-state index contributed by atoms with van der Waals surface area (Å²) in [5, 5.41) is 8.40. The summed E-state index contributed by atoms with van der Waals surface area (Å²) in [6.07, 6.45) is 0. The quantitative estimate of drug-likeness (QED) is 0.326. The highest BCUT2D eigenvalue weighted by molar-refractivity contribution is 5.76. The van der Waals surface area contributed by atoms with Crippen LogP contribution < -0.4 is 11.2 Å². The number of guanidine groups is 1. The molecule has 0 aromatic carbocycles. The van der Waals surface area contributed by atoms with Crippen LogP contribution in [0, 0.1) is 5.41 Å². The molecular formula is C8H20N4O. The molecule has 0 aliphatic carbocycles. The van der Waals surface area contributed by atoms with Crippen LogP contribution in [0.4, 0.5) is 0 Å². The standard InChI is InChI=1S/C8H20N4O/c1-8(2,6-12(3)4)5-10-7(9)11-13/h13H,5-6H2,1-4H3,(H3,9,10,11). The number of hydroxylamine groups is 1. The van der Waals surface area contributed by atoms with Gasteiger partial charge >= 0.3 is 0 Å². The Bertz CT molecular complexity index is 177. The highest BCUT2D eigenvalue weighted by Gasteiger charge is 2.18. The van der Waals surface area contributed by atoms with Gasteiger partial charge in [0.15, 0.2) is 0 Å². The van der Waals surface area contributed by atoms with Crippen molar-refractivity contribution < 1.29 is 5.21 Å². The molecule has 0 rings (SSSR count). The lowest BCUT2D eigenvalue weighted by atomic mass is 9.93. The fraction of sp³-hybridized carbons (Fsp3) is 0.875. The van der Waals surface area contributed by atoms with Gasteiger partial charge in [0.2, 0.25) is 5.96 Å². The lowest BCUT2D eigenvalue weighted by Crippen LogP contribution is -2.34. The molecule has 0 saturated heterocycles. The summed E-state index contributed by atoms with van der Waals surface area (Å²) in [4.78, 5) is 6.07. The molecule has 5 heteroatoms. The Morgan fingerprint density at radius 2 is 2.08 bits per heavy atom. The van der Waals surface area contributed by atoms with Crippen LogP contribution in [-0.4, -0.2) is 43.3 Å². The van der Waals surface area contributed by atoms with Gasteiger partial charge in [0.25, 0.3) is 0 Å². The van der Waals surface area contributed by atoms with Gasteiger partial charge in [0, 0.05) is 13.1 Å². The van der Waals surface area contributed by atoms with E-state index in [4.69, 9.17) is 10.9 Å². The molecule has 0 heterocycles. The van der Waals surface area contributed by atoms with Crippen LogP contribution in [0.1, 0.15) is 13.8 Å². The number of rotatable bonds is 4. The van der Waals surface area contributed by atoms with E-state index in [1.807, 2.05) is 14.1 Å². The van der Waals surface area contributed by atoms with Crippen LogP contribution in [0.3, 0.4) is 0 Å². The predicted octanol–water partition coefficient (Wildman–Crippen LogP) is -0.132. The predicted molar refractivity (Wildman–Crippen MR) is 53.7 cm³/mol. The number of aliphatic imine (C=N–C) groups is 1. The summed E-state index contributed by atoms with van der Waals surface area (Å²) in [5.74, 6) is 0.0619. The molecule has 0 radical (unpaired) electrons. The van der Waals surface area contributed by atoms with Crippen molar-refractivity contribution in [2.45, 2.75) is 13.8 Å². The van der Waals surface area contributed by atoms with Crippen LogP contribution >= 0.6 is 0 Å². The van der Waals surface area contributed by atoms with E-state index >= 15 is 0 Å². The SMILES string of the molecule is CN(C)CC(C)(C)CN=C(N)NO. The molecular weight excluding hydrogens is 168 g/mol. The molecule has 4 N–H and O–H groups in total. The van der Waals surface area contributed by atoms with Crippen molar-refractivity contribution in [1.29, 1.82) is 0 Å². The van der Waals surface area contributed by atoms with Crippen molar-refractivity contribution in [3.8, 4) is 0 Å². The van der Waals surface area contributed by atoms with Gasteiger partial charge in [0.05, 0.1) is 0 Å². The normalized spacial score (nSPS) is 13.5. The minimum absolute atomic E-state index is 0.0605. The van der Waals surface area contributed by atoms with Gasteiger partial charge in [-0.1, -0.05) is 13.8 Å². The van der Waals surface area contributed by atoms with Gasteiger partial charge in [-0.2, -0.15) is 0 Å². The summed E-state index contributed by atoms with van der Waals surface area (Å²) in [6, 6.07) is 0. The Labute approximate surface area is 79.6 Å². The fourth-order valence-electron chi connectivity index (χ4n) is 1.24. The lowest BCUT2D eigenvalue weighted by Gasteiger charge is -2.26. The number of nitrogens with two attached hydrogens (primary N) is 1. The van der Waals surface area contributed by atoms with Gasteiger partial charge in [0.1, 0.15) is 0 Å².